The van der Waals surface area contributed by atoms with Gasteiger partial charge in [-0.1, -0.05) is 35.3 Å². The van der Waals surface area contributed by atoms with Crippen LogP contribution in [0.2, 0.25) is 10.0 Å². The molecule has 3 aromatic rings. The van der Waals surface area contributed by atoms with Crippen LogP contribution in [0.3, 0.4) is 0 Å². The standard InChI is InChI=1S/C25H24Cl2FN5O2/c1-31-8-10-32(11-9-31)30-25(34)23-20-15-35-14-17(12-16-2-5-19(28)6-3-16)24(20)33(29-23)22-7-4-18(26)13-21(22)27/h2-7,12-13H,8-11,14-15H2,1H3,(H,30,34)/b17-12+. The van der Waals surface area contributed by atoms with E-state index in [0.717, 1.165) is 43.0 Å². The number of likely N-dealkylation sites (N-methyl/N-ethyl adjacent to an activating group) is 1. The Morgan fingerprint density at radius 2 is 1.83 bits per heavy atom. The second kappa shape index (κ2) is 10.1. The molecule has 182 valence electrons. The van der Waals surface area contributed by atoms with Crippen molar-refractivity contribution in [2.75, 3.05) is 39.8 Å². The normalized spacial score (nSPS) is 18.0. The number of benzene rings is 2. The maximum Gasteiger partial charge on any atom is 0.286 e. The minimum Gasteiger partial charge on any atom is -0.372 e. The van der Waals surface area contributed by atoms with E-state index in [1.807, 2.05) is 11.1 Å². The molecule has 1 saturated heterocycles. The van der Waals surface area contributed by atoms with E-state index >= 15 is 0 Å². The molecule has 35 heavy (non-hydrogen) atoms. The number of carbonyl (C=O) groups is 1. The molecule has 0 spiro atoms. The molecule has 3 heterocycles. The third-order valence-corrected chi connectivity index (χ3v) is 6.66. The molecular weight excluding hydrogens is 492 g/mol. The van der Waals surface area contributed by atoms with Gasteiger partial charge in [0.15, 0.2) is 5.69 Å². The number of ether oxygens (including phenoxy) is 1. The summed E-state index contributed by atoms with van der Waals surface area (Å²) in [5, 5.41) is 7.51. The average molecular weight is 516 g/mol. The summed E-state index contributed by atoms with van der Waals surface area (Å²) in [7, 11) is 2.05. The smallest absolute Gasteiger partial charge is 0.286 e. The number of hydrogen-bond acceptors (Lipinski definition) is 5. The Hall–Kier alpha value is -2.75. The van der Waals surface area contributed by atoms with E-state index in [0.29, 0.717) is 27.9 Å². The van der Waals surface area contributed by atoms with Crippen LogP contribution in [-0.4, -0.2) is 65.4 Å². The van der Waals surface area contributed by atoms with Crippen LogP contribution in [0.25, 0.3) is 17.3 Å². The number of rotatable bonds is 4. The molecule has 1 N–H and O–H groups in total. The van der Waals surface area contributed by atoms with E-state index in [4.69, 9.17) is 33.0 Å². The van der Waals surface area contributed by atoms with Crippen LogP contribution >= 0.6 is 23.2 Å². The van der Waals surface area contributed by atoms with Gasteiger partial charge in [-0.25, -0.2) is 14.1 Å². The van der Waals surface area contributed by atoms with Gasteiger partial charge in [0.1, 0.15) is 5.82 Å². The summed E-state index contributed by atoms with van der Waals surface area (Å²) in [4.78, 5) is 15.6. The number of piperazine rings is 1. The highest BCUT2D eigenvalue weighted by Crippen LogP contribution is 2.34. The first kappa shape index (κ1) is 24.0. The predicted octanol–water partition coefficient (Wildman–Crippen LogP) is 4.28. The van der Waals surface area contributed by atoms with Crippen LogP contribution in [0.5, 0.6) is 0 Å². The van der Waals surface area contributed by atoms with Crippen molar-refractivity contribution >= 4 is 40.8 Å². The third kappa shape index (κ3) is 5.12. The SMILES string of the molecule is CN1CCN(NC(=O)c2nn(-c3ccc(Cl)cc3Cl)c3c2COC/C3=C\c2ccc(F)cc2)CC1. The first-order valence-corrected chi connectivity index (χ1v) is 12.0. The van der Waals surface area contributed by atoms with Crippen molar-refractivity contribution in [3.63, 3.8) is 0 Å². The van der Waals surface area contributed by atoms with Gasteiger partial charge in [0.25, 0.3) is 5.91 Å². The largest absolute Gasteiger partial charge is 0.372 e. The number of amides is 1. The van der Waals surface area contributed by atoms with E-state index in [9.17, 15) is 9.18 Å². The maximum atomic E-state index is 13.4. The first-order chi connectivity index (χ1) is 16.9. The number of aromatic nitrogens is 2. The van der Waals surface area contributed by atoms with Gasteiger partial charge in [0.2, 0.25) is 0 Å². The number of hydrogen-bond donors (Lipinski definition) is 1. The maximum absolute atomic E-state index is 13.4. The molecule has 2 aliphatic heterocycles. The molecule has 0 bridgehead atoms. The predicted molar refractivity (Wildman–Crippen MR) is 134 cm³/mol. The second-order valence-electron chi connectivity index (χ2n) is 8.63. The fraction of sp³-hybridized carbons (Fsp3) is 0.280. The minimum absolute atomic E-state index is 0.229. The van der Waals surface area contributed by atoms with Crippen molar-refractivity contribution in [3.05, 3.63) is 80.8 Å². The first-order valence-electron chi connectivity index (χ1n) is 11.2. The second-order valence-corrected chi connectivity index (χ2v) is 9.47. The molecule has 2 aliphatic rings. The molecule has 5 rings (SSSR count). The highest BCUT2D eigenvalue weighted by molar-refractivity contribution is 6.35. The number of carbonyl (C=O) groups excluding carboxylic acids is 1. The molecule has 1 amide bonds. The highest BCUT2D eigenvalue weighted by Gasteiger charge is 2.30. The lowest BCUT2D eigenvalue weighted by Crippen LogP contribution is -2.52. The fourth-order valence-electron chi connectivity index (χ4n) is 4.24. The Labute approximate surface area is 212 Å². The van der Waals surface area contributed by atoms with Crippen LogP contribution in [0, 0.1) is 5.82 Å². The molecule has 2 aromatic carbocycles. The van der Waals surface area contributed by atoms with Crippen molar-refractivity contribution in [3.8, 4) is 5.69 Å². The Morgan fingerprint density at radius 3 is 2.54 bits per heavy atom. The molecular formula is C25H24Cl2FN5O2. The third-order valence-electron chi connectivity index (χ3n) is 6.12. The van der Waals surface area contributed by atoms with Crippen LogP contribution in [0.15, 0.2) is 42.5 Å². The Kier molecular flexibility index (Phi) is 6.91. The number of halogens is 3. The molecule has 0 radical (unpaired) electrons. The van der Waals surface area contributed by atoms with Gasteiger partial charge in [-0.05, 0) is 49.0 Å². The summed E-state index contributed by atoms with van der Waals surface area (Å²) in [5.41, 5.74) is 6.86. The molecule has 1 fully saturated rings. The summed E-state index contributed by atoms with van der Waals surface area (Å²) in [5.74, 6) is -0.616. The van der Waals surface area contributed by atoms with Gasteiger partial charge in [-0.3, -0.25) is 10.2 Å². The van der Waals surface area contributed by atoms with E-state index in [2.05, 4.69) is 17.4 Å². The summed E-state index contributed by atoms with van der Waals surface area (Å²) in [6.07, 6.45) is 1.90. The van der Waals surface area contributed by atoms with Crippen LogP contribution in [-0.2, 0) is 11.3 Å². The number of nitrogens with zero attached hydrogens (tertiary/aromatic N) is 4. The van der Waals surface area contributed by atoms with Crippen molar-refractivity contribution in [2.24, 2.45) is 0 Å². The lowest BCUT2D eigenvalue weighted by Gasteiger charge is -2.32. The molecule has 7 nitrogen and oxygen atoms in total. The van der Waals surface area contributed by atoms with Gasteiger partial charge >= 0.3 is 0 Å². The van der Waals surface area contributed by atoms with Crippen molar-refractivity contribution in [2.45, 2.75) is 6.61 Å². The van der Waals surface area contributed by atoms with E-state index in [1.54, 1.807) is 35.0 Å². The van der Waals surface area contributed by atoms with Crippen LogP contribution in [0.1, 0.15) is 27.3 Å². The molecule has 1 aromatic heterocycles. The number of nitrogens with one attached hydrogen (secondary N) is 1. The van der Waals surface area contributed by atoms with Crippen molar-refractivity contribution in [1.82, 2.24) is 25.1 Å². The Morgan fingerprint density at radius 1 is 1.09 bits per heavy atom. The zero-order chi connectivity index (χ0) is 24.5. The molecule has 0 saturated carbocycles. The number of hydrazine groups is 1. The fourth-order valence-corrected chi connectivity index (χ4v) is 4.73. The van der Waals surface area contributed by atoms with E-state index in [1.165, 1.54) is 12.1 Å². The number of fused-ring (bicyclic) bond motifs is 1. The van der Waals surface area contributed by atoms with Crippen molar-refractivity contribution in [1.29, 1.82) is 0 Å². The summed E-state index contributed by atoms with van der Waals surface area (Å²) < 4.78 is 21.0. The van der Waals surface area contributed by atoms with Gasteiger partial charge < -0.3 is 9.64 Å². The van der Waals surface area contributed by atoms with E-state index in [-0.39, 0.29) is 24.0 Å². The minimum atomic E-state index is -0.311. The zero-order valence-corrected chi connectivity index (χ0v) is 20.6. The summed E-state index contributed by atoms with van der Waals surface area (Å²) in [6, 6.07) is 11.3. The van der Waals surface area contributed by atoms with Crippen molar-refractivity contribution < 1.29 is 13.9 Å². The molecule has 0 atom stereocenters. The Bertz CT molecular complexity index is 1280. The van der Waals surface area contributed by atoms with Gasteiger partial charge in [-0.15, -0.1) is 0 Å². The van der Waals surface area contributed by atoms with Gasteiger partial charge in [-0.2, -0.15) is 5.10 Å². The lowest BCUT2D eigenvalue weighted by molar-refractivity contribution is 0.0652. The van der Waals surface area contributed by atoms with Gasteiger partial charge in [0.05, 0.1) is 29.6 Å². The van der Waals surface area contributed by atoms with Crippen LogP contribution < -0.4 is 5.43 Å². The molecule has 0 unspecified atom stereocenters. The summed E-state index contributed by atoms with van der Waals surface area (Å²) >= 11 is 12.7. The highest BCUT2D eigenvalue weighted by atomic mass is 35.5. The van der Waals surface area contributed by atoms with Gasteiger partial charge in [0, 0.05) is 42.3 Å². The monoisotopic (exact) mass is 515 g/mol. The topological polar surface area (TPSA) is 62.6 Å². The molecule has 0 aliphatic carbocycles. The quantitative estimate of drug-likeness (QED) is 0.561. The Balaban J connectivity index is 1.58. The van der Waals surface area contributed by atoms with Crippen LogP contribution in [0.4, 0.5) is 4.39 Å². The lowest BCUT2D eigenvalue weighted by atomic mass is 10.0. The average Bonchev–Trinajstić information content (AvgIpc) is 3.23. The molecule has 10 heteroatoms. The summed E-state index contributed by atoms with van der Waals surface area (Å²) in [6.45, 7) is 3.70. The van der Waals surface area contributed by atoms with E-state index < -0.39 is 0 Å². The zero-order valence-electron chi connectivity index (χ0n) is 19.1.